The molecule has 24 nitrogen and oxygen atoms in total. The van der Waals surface area contributed by atoms with Gasteiger partial charge in [-0.05, 0) is 132 Å². The molecule has 0 aromatic heterocycles. The Labute approximate surface area is 598 Å². The van der Waals surface area contributed by atoms with Crippen molar-refractivity contribution in [1.29, 1.82) is 0 Å². The van der Waals surface area contributed by atoms with Crippen molar-refractivity contribution in [3.05, 3.63) is 34.3 Å². The third-order valence-electron chi connectivity index (χ3n) is 23.1. The van der Waals surface area contributed by atoms with Gasteiger partial charge in [0.15, 0.2) is 0 Å². The minimum Gasteiger partial charge on any atom is -0.343 e. The van der Waals surface area contributed by atoms with E-state index < -0.39 is 166 Å². The molecule has 7 fully saturated rings. The topological polar surface area (TPSA) is 270 Å². The molecule has 101 heavy (non-hydrogen) atoms. The normalized spacial score (nSPS) is 28.3. The van der Waals surface area contributed by atoms with Gasteiger partial charge in [-0.1, -0.05) is 110 Å². The summed E-state index contributed by atoms with van der Waals surface area (Å²) in [5.41, 5.74) is -2.32. The van der Waals surface area contributed by atoms with E-state index in [1.165, 1.54) is 82.5 Å². The Morgan fingerprint density at radius 3 is 1.87 bits per heavy atom. The van der Waals surface area contributed by atoms with Crippen molar-refractivity contribution in [2.24, 2.45) is 23.7 Å². The first-order chi connectivity index (χ1) is 47.7. The van der Waals surface area contributed by atoms with Crippen molar-refractivity contribution in [1.82, 2.24) is 60.0 Å². The summed E-state index contributed by atoms with van der Waals surface area (Å²) in [6.45, 7) is 11.0. The molecule has 562 valence electrons. The lowest BCUT2D eigenvalue weighted by Gasteiger charge is -2.45. The third-order valence-corrected chi connectivity index (χ3v) is 23.4. The van der Waals surface area contributed by atoms with Crippen LogP contribution in [-0.2, 0) is 70.1 Å². The molecule has 3 N–H and O–H groups in total. The fraction of sp³-hybridized carbons (Fsp3) is 0.753. The van der Waals surface area contributed by atoms with E-state index in [0.717, 1.165) is 62.0 Å². The number of halogens is 4. The molecule has 1 spiro atoms. The van der Waals surface area contributed by atoms with Gasteiger partial charge >= 0.3 is 6.18 Å². The van der Waals surface area contributed by atoms with Gasteiger partial charge in [-0.25, -0.2) is 0 Å². The number of nitrogens with zero attached hydrogens (tertiary/aromatic N) is 9. The number of amides is 12. The van der Waals surface area contributed by atoms with E-state index in [4.69, 9.17) is 11.6 Å². The maximum Gasteiger partial charge on any atom is 0.417 e. The van der Waals surface area contributed by atoms with Crippen LogP contribution in [0.3, 0.4) is 0 Å². The highest BCUT2D eigenvalue weighted by molar-refractivity contribution is 6.31. The number of likely N-dealkylation sites (N-methyl/N-ethyl adjacent to an activating group) is 6. The van der Waals surface area contributed by atoms with E-state index in [0.29, 0.717) is 63.6 Å². The van der Waals surface area contributed by atoms with Crippen molar-refractivity contribution >= 4 is 82.5 Å². The summed E-state index contributed by atoms with van der Waals surface area (Å²) < 4.78 is 41.7. The second kappa shape index (κ2) is 34.5. The number of aryl methyl sites for hydroxylation is 1. The Balaban J connectivity index is 1.18. The summed E-state index contributed by atoms with van der Waals surface area (Å²) in [5.74, 6) is -8.38. The van der Waals surface area contributed by atoms with Crippen LogP contribution in [0.25, 0.3) is 0 Å². The van der Waals surface area contributed by atoms with Crippen LogP contribution in [-0.4, -0.2) is 249 Å². The van der Waals surface area contributed by atoms with Crippen LogP contribution in [0.4, 0.5) is 13.2 Å². The number of fused-ring (bicyclic) bond motifs is 2. The van der Waals surface area contributed by atoms with Crippen LogP contribution in [0.15, 0.2) is 18.2 Å². The smallest absolute Gasteiger partial charge is 0.343 e. The summed E-state index contributed by atoms with van der Waals surface area (Å²) in [6, 6.07) is -7.64. The molecule has 0 radical (unpaired) electrons. The zero-order valence-electron chi connectivity index (χ0n) is 61.2. The fourth-order valence-electron chi connectivity index (χ4n) is 16.3. The van der Waals surface area contributed by atoms with E-state index in [2.05, 4.69) is 16.0 Å². The van der Waals surface area contributed by atoms with E-state index in [9.17, 15) is 37.1 Å². The molecule has 0 bridgehead atoms. The van der Waals surface area contributed by atoms with Crippen LogP contribution < -0.4 is 16.0 Å². The number of alkyl halides is 3. The minimum atomic E-state index is -4.76. The number of hydrogen-bond donors (Lipinski definition) is 3. The van der Waals surface area contributed by atoms with Crippen LogP contribution in [0.1, 0.15) is 194 Å². The predicted octanol–water partition coefficient (Wildman–Crippen LogP) is 6.17. The van der Waals surface area contributed by atoms with Gasteiger partial charge in [0, 0.05) is 68.0 Å². The summed E-state index contributed by atoms with van der Waals surface area (Å²) >= 11 is 6.17. The van der Waals surface area contributed by atoms with Gasteiger partial charge in [0.05, 0.1) is 23.6 Å². The minimum absolute atomic E-state index is 0.00231. The lowest BCUT2D eigenvalue weighted by molar-refractivity contribution is -0.160. The first kappa shape index (κ1) is 79.6. The Kier molecular flexibility index (Phi) is 27.2. The van der Waals surface area contributed by atoms with Crippen LogP contribution in [0.2, 0.25) is 5.02 Å². The maximum atomic E-state index is 15.7. The standard InChI is InChI=1S/C73H110ClF3N12O12/c1-12-45(5)60-69(99)82(8)46(6)64(94)89-38-32-54(89)67(97)83(9)56(41-47-23-15-14-16-24-47)66(96)81(7)43-58(90)78-52(31-29-48-28-30-50(51(74)40-48)73(75,76)77)65(95)88-37-21-27-53(88)63(93)80-72(33-19-20-34-72)71(101)85(11)61(49-25-17-18-26-49)70(100)84(10)57(68(98)86-35-22-36-86)42-59(91)87(13-2)55(39-44(3)4)62(92)79-60/h28,30,40,44-47,49,52-57,60-61H,12-27,29,31-39,41-43H2,1-11H3,(H,78,90)(H,79,92)(H,80,93)/t45-,46-,52-,53-,54-,55-,56-,57-,60-,61-/m0/s1. The molecule has 4 heterocycles. The Morgan fingerprint density at radius 2 is 1.30 bits per heavy atom. The fourth-order valence-corrected chi connectivity index (χ4v) is 16.6. The molecule has 4 aliphatic heterocycles. The maximum absolute atomic E-state index is 15.7. The molecule has 1 aromatic carbocycles. The van der Waals surface area contributed by atoms with Gasteiger partial charge in [0.1, 0.15) is 59.9 Å². The first-order valence-electron chi connectivity index (χ1n) is 37.0. The molecule has 28 heteroatoms. The van der Waals surface area contributed by atoms with E-state index in [1.54, 1.807) is 18.7 Å². The highest BCUT2D eigenvalue weighted by atomic mass is 35.5. The molecule has 10 atom stereocenters. The predicted molar refractivity (Wildman–Crippen MR) is 371 cm³/mol. The monoisotopic (exact) mass is 1440 g/mol. The number of likely N-dealkylation sites (tertiary alicyclic amines) is 1. The SMILES string of the molecule is CC[C@H](C)[C@@H]1NC(=O)[C@H](CC(C)C)N(CC)C(=O)C[C@@H](C(=O)N2CCC2)N(C)C(=O)[C@H](C2CCCC2)N(C)C(=O)C2(CCCC2)NC(=O)[C@@H]2CCCN2C(=O)[C@H](CCc2ccc(C(F)(F)F)c(Cl)c2)NC(=O)CN(C)C(=O)[C@H](CC2CCCCC2)N(C)C(=O)[C@@H]2CCN2C(=O)[C@H](C)N(C)C1=O. The molecular formula is C73H110ClF3N12O12. The number of carbonyl (C=O) groups excluding carboxylic acids is 12. The quantitative estimate of drug-likeness (QED) is 0.212. The molecule has 12 amide bonds. The summed E-state index contributed by atoms with van der Waals surface area (Å²) in [4.78, 5) is 193. The van der Waals surface area contributed by atoms with E-state index >= 15 is 33.6 Å². The molecule has 4 saturated heterocycles. The van der Waals surface area contributed by atoms with Crippen molar-refractivity contribution in [2.75, 3.05) is 74.5 Å². The van der Waals surface area contributed by atoms with Crippen molar-refractivity contribution in [2.45, 2.75) is 255 Å². The highest BCUT2D eigenvalue weighted by Crippen LogP contribution is 2.39. The number of hydrogen-bond acceptors (Lipinski definition) is 12. The van der Waals surface area contributed by atoms with E-state index in [-0.39, 0.29) is 88.8 Å². The molecule has 3 aliphatic carbocycles. The van der Waals surface area contributed by atoms with Gasteiger partial charge < -0.3 is 60.0 Å². The summed E-state index contributed by atoms with van der Waals surface area (Å²) in [5, 5.41) is 8.26. The highest BCUT2D eigenvalue weighted by Gasteiger charge is 2.52. The molecule has 1 aromatic rings. The Hall–Kier alpha value is -7.06. The van der Waals surface area contributed by atoms with Gasteiger partial charge in [0.25, 0.3) is 0 Å². The Morgan fingerprint density at radius 1 is 0.653 bits per heavy atom. The van der Waals surface area contributed by atoms with Crippen molar-refractivity contribution < 1.29 is 70.7 Å². The van der Waals surface area contributed by atoms with Gasteiger partial charge in [-0.3, -0.25) is 57.5 Å². The number of rotatable bonds is 12. The van der Waals surface area contributed by atoms with Crippen LogP contribution in [0, 0.1) is 23.7 Å². The molecule has 7 aliphatic rings. The zero-order chi connectivity index (χ0) is 74.1. The first-order valence-corrected chi connectivity index (χ1v) is 37.4. The van der Waals surface area contributed by atoms with E-state index in [1.807, 2.05) is 20.8 Å². The molecule has 0 unspecified atom stereocenters. The lowest BCUT2D eigenvalue weighted by atomic mass is 9.84. The third kappa shape index (κ3) is 18.3. The van der Waals surface area contributed by atoms with Crippen molar-refractivity contribution in [3.8, 4) is 0 Å². The van der Waals surface area contributed by atoms with Crippen molar-refractivity contribution in [3.63, 3.8) is 0 Å². The average Bonchev–Trinajstić information content (AvgIpc) is 1.77. The number of carbonyl (C=O) groups is 12. The zero-order valence-corrected chi connectivity index (χ0v) is 61.9. The molecule has 3 saturated carbocycles. The molecular weight excluding hydrogens is 1330 g/mol. The number of nitrogens with one attached hydrogen (secondary N) is 3. The van der Waals surface area contributed by atoms with Gasteiger partial charge in [0.2, 0.25) is 70.9 Å². The largest absolute Gasteiger partial charge is 0.417 e. The van der Waals surface area contributed by atoms with Gasteiger partial charge in [-0.2, -0.15) is 13.2 Å². The summed E-state index contributed by atoms with van der Waals surface area (Å²) in [7, 11) is 7.29. The van der Waals surface area contributed by atoms with Crippen LogP contribution >= 0.6 is 11.6 Å². The Bertz CT molecular complexity index is 3210. The van der Waals surface area contributed by atoms with Crippen LogP contribution in [0.5, 0.6) is 0 Å². The number of benzene rings is 1. The average molecular weight is 1440 g/mol. The second-order valence-electron chi connectivity index (χ2n) is 30.2. The lowest BCUT2D eigenvalue weighted by Crippen LogP contribution is -2.65. The second-order valence-corrected chi connectivity index (χ2v) is 30.7. The summed E-state index contributed by atoms with van der Waals surface area (Å²) in [6.07, 6.45) is 5.02. The van der Waals surface area contributed by atoms with Gasteiger partial charge in [-0.15, -0.1) is 0 Å². The molecule has 8 rings (SSSR count).